The topological polar surface area (TPSA) is 83.6 Å². The molecule has 0 saturated carbocycles. The lowest BCUT2D eigenvalue weighted by Gasteiger charge is -2.11. The van der Waals surface area contributed by atoms with Crippen molar-refractivity contribution in [3.63, 3.8) is 0 Å². The Labute approximate surface area is 111 Å². The Morgan fingerprint density at radius 2 is 2.21 bits per heavy atom. The molecule has 6 heteroatoms. The Hall–Kier alpha value is -2.24. The van der Waals surface area contributed by atoms with E-state index < -0.39 is 0 Å². The second-order valence-electron chi connectivity index (χ2n) is 4.44. The third kappa shape index (κ3) is 3.87. The summed E-state index contributed by atoms with van der Waals surface area (Å²) in [5.74, 6) is 0.748. The van der Waals surface area contributed by atoms with Gasteiger partial charge in [0.05, 0.1) is 11.7 Å². The van der Waals surface area contributed by atoms with Gasteiger partial charge in [0.15, 0.2) is 0 Å². The van der Waals surface area contributed by atoms with E-state index in [1.54, 1.807) is 24.8 Å². The summed E-state index contributed by atoms with van der Waals surface area (Å²) in [5.41, 5.74) is 1.80. The normalized spacial score (nSPS) is 12.1. The molecule has 0 aromatic carbocycles. The van der Waals surface area contributed by atoms with E-state index in [9.17, 15) is 4.79 Å². The number of carbonyl (C=O) groups is 1. The number of aryl methyl sites for hydroxylation is 2. The summed E-state index contributed by atoms with van der Waals surface area (Å²) < 4.78 is 0. The number of H-pyrrole nitrogens is 1. The largest absolute Gasteiger partial charge is 0.346 e. The van der Waals surface area contributed by atoms with E-state index >= 15 is 0 Å². The number of aromatic amines is 1. The van der Waals surface area contributed by atoms with Crippen molar-refractivity contribution in [1.29, 1.82) is 0 Å². The average molecular weight is 259 g/mol. The first kappa shape index (κ1) is 13.2. The number of carbonyl (C=O) groups excluding carboxylic acids is 1. The zero-order valence-corrected chi connectivity index (χ0v) is 11.1. The molecule has 0 spiro atoms. The SMILES string of the molecule is Cc1cnc([C@H](C)NC(=O)CCc2cnccn2)[nH]1. The van der Waals surface area contributed by atoms with Gasteiger partial charge in [0.2, 0.25) is 5.91 Å². The van der Waals surface area contributed by atoms with Crippen LogP contribution in [0.3, 0.4) is 0 Å². The van der Waals surface area contributed by atoms with Gasteiger partial charge in [-0.05, 0) is 20.3 Å². The highest BCUT2D eigenvalue weighted by atomic mass is 16.1. The van der Waals surface area contributed by atoms with Crippen LogP contribution >= 0.6 is 0 Å². The molecule has 0 aliphatic heterocycles. The van der Waals surface area contributed by atoms with Crippen molar-refractivity contribution in [2.75, 3.05) is 0 Å². The molecular weight excluding hydrogens is 242 g/mol. The van der Waals surface area contributed by atoms with Gasteiger partial charge in [0.1, 0.15) is 5.82 Å². The molecule has 1 atom stereocenters. The third-order valence-corrected chi connectivity index (χ3v) is 2.74. The van der Waals surface area contributed by atoms with E-state index in [0.29, 0.717) is 12.8 Å². The van der Waals surface area contributed by atoms with E-state index in [-0.39, 0.29) is 11.9 Å². The van der Waals surface area contributed by atoms with Crippen molar-refractivity contribution in [3.8, 4) is 0 Å². The molecule has 2 aromatic heterocycles. The molecule has 6 nitrogen and oxygen atoms in total. The van der Waals surface area contributed by atoms with E-state index in [1.165, 1.54) is 0 Å². The molecule has 0 aliphatic carbocycles. The predicted octanol–water partition coefficient (Wildman–Crippen LogP) is 1.32. The van der Waals surface area contributed by atoms with Gasteiger partial charge >= 0.3 is 0 Å². The van der Waals surface area contributed by atoms with E-state index in [2.05, 4.69) is 25.3 Å². The molecule has 0 bridgehead atoms. The number of amides is 1. The molecular formula is C13H17N5O. The second-order valence-corrected chi connectivity index (χ2v) is 4.44. The molecule has 100 valence electrons. The Morgan fingerprint density at radius 1 is 1.37 bits per heavy atom. The molecule has 0 aliphatic rings. The second kappa shape index (κ2) is 6.08. The summed E-state index contributed by atoms with van der Waals surface area (Å²) in [6.07, 6.45) is 7.64. The lowest BCUT2D eigenvalue weighted by molar-refractivity contribution is -0.121. The molecule has 2 N–H and O–H groups in total. The Kier molecular flexibility index (Phi) is 4.22. The van der Waals surface area contributed by atoms with Crippen LogP contribution in [0.4, 0.5) is 0 Å². The average Bonchev–Trinajstić information content (AvgIpc) is 2.84. The van der Waals surface area contributed by atoms with Crippen LogP contribution in [-0.2, 0) is 11.2 Å². The van der Waals surface area contributed by atoms with Crippen LogP contribution in [0.2, 0.25) is 0 Å². The zero-order chi connectivity index (χ0) is 13.7. The van der Waals surface area contributed by atoms with Gasteiger partial charge in [0, 0.05) is 36.9 Å². The molecule has 2 heterocycles. The van der Waals surface area contributed by atoms with Gasteiger partial charge in [-0.15, -0.1) is 0 Å². The number of hydrogen-bond donors (Lipinski definition) is 2. The summed E-state index contributed by atoms with van der Waals surface area (Å²) in [6, 6.07) is -0.122. The molecule has 1 amide bonds. The monoisotopic (exact) mass is 259 g/mol. The lowest BCUT2D eigenvalue weighted by atomic mass is 10.2. The van der Waals surface area contributed by atoms with Crippen LogP contribution in [0.1, 0.15) is 36.6 Å². The summed E-state index contributed by atoms with van der Waals surface area (Å²) in [5, 5.41) is 2.90. The van der Waals surface area contributed by atoms with Crippen molar-refractivity contribution in [3.05, 3.63) is 42.0 Å². The van der Waals surface area contributed by atoms with Gasteiger partial charge in [-0.2, -0.15) is 0 Å². The molecule has 19 heavy (non-hydrogen) atoms. The molecule has 0 saturated heterocycles. The maximum Gasteiger partial charge on any atom is 0.220 e. The summed E-state index contributed by atoms with van der Waals surface area (Å²) in [6.45, 7) is 3.83. The minimum absolute atomic E-state index is 0.0211. The quantitative estimate of drug-likeness (QED) is 0.848. The van der Waals surface area contributed by atoms with Gasteiger partial charge < -0.3 is 10.3 Å². The number of imidazole rings is 1. The first-order valence-corrected chi connectivity index (χ1v) is 6.21. The summed E-state index contributed by atoms with van der Waals surface area (Å²) >= 11 is 0. The van der Waals surface area contributed by atoms with Gasteiger partial charge in [-0.3, -0.25) is 14.8 Å². The first-order valence-electron chi connectivity index (χ1n) is 6.21. The van der Waals surface area contributed by atoms with Crippen LogP contribution in [-0.4, -0.2) is 25.8 Å². The minimum atomic E-state index is -0.122. The number of rotatable bonds is 5. The van der Waals surface area contributed by atoms with Crippen LogP contribution < -0.4 is 5.32 Å². The minimum Gasteiger partial charge on any atom is -0.346 e. The van der Waals surface area contributed by atoms with Crippen molar-refractivity contribution in [2.45, 2.75) is 32.7 Å². The zero-order valence-electron chi connectivity index (χ0n) is 11.1. The lowest BCUT2D eigenvalue weighted by Crippen LogP contribution is -2.27. The first-order chi connectivity index (χ1) is 9.15. The number of nitrogens with zero attached hydrogens (tertiary/aromatic N) is 3. The summed E-state index contributed by atoms with van der Waals surface area (Å²) in [4.78, 5) is 27.2. The van der Waals surface area contributed by atoms with E-state index in [1.807, 2.05) is 13.8 Å². The highest BCUT2D eigenvalue weighted by Crippen LogP contribution is 2.08. The molecule has 2 aromatic rings. The maximum absolute atomic E-state index is 11.8. The maximum atomic E-state index is 11.8. The van der Waals surface area contributed by atoms with Crippen molar-refractivity contribution < 1.29 is 4.79 Å². The Balaban J connectivity index is 1.81. The van der Waals surface area contributed by atoms with E-state index in [4.69, 9.17) is 0 Å². The fourth-order valence-electron chi connectivity index (χ4n) is 1.74. The standard InChI is InChI=1S/C13H17N5O/c1-9-7-16-13(17-9)10(2)18-12(19)4-3-11-8-14-5-6-15-11/h5-8,10H,3-4H2,1-2H3,(H,16,17)(H,18,19)/t10-/m0/s1. The molecule has 0 unspecified atom stereocenters. The van der Waals surface area contributed by atoms with Crippen LogP contribution in [0.15, 0.2) is 24.8 Å². The van der Waals surface area contributed by atoms with Crippen molar-refractivity contribution in [2.24, 2.45) is 0 Å². The third-order valence-electron chi connectivity index (χ3n) is 2.74. The smallest absolute Gasteiger partial charge is 0.220 e. The fourth-order valence-corrected chi connectivity index (χ4v) is 1.74. The van der Waals surface area contributed by atoms with E-state index in [0.717, 1.165) is 17.2 Å². The van der Waals surface area contributed by atoms with Crippen LogP contribution in [0.25, 0.3) is 0 Å². The molecule has 2 rings (SSSR count). The van der Waals surface area contributed by atoms with Crippen molar-refractivity contribution in [1.82, 2.24) is 25.3 Å². The number of hydrogen-bond acceptors (Lipinski definition) is 4. The van der Waals surface area contributed by atoms with Gasteiger partial charge in [-0.1, -0.05) is 0 Å². The predicted molar refractivity (Wildman–Crippen MR) is 70.2 cm³/mol. The molecule has 0 fully saturated rings. The van der Waals surface area contributed by atoms with Gasteiger partial charge in [-0.25, -0.2) is 4.98 Å². The van der Waals surface area contributed by atoms with Crippen LogP contribution in [0.5, 0.6) is 0 Å². The number of nitrogens with one attached hydrogen (secondary N) is 2. The Morgan fingerprint density at radius 3 is 2.84 bits per heavy atom. The highest BCUT2D eigenvalue weighted by molar-refractivity contribution is 5.76. The van der Waals surface area contributed by atoms with Crippen molar-refractivity contribution >= 4 is 5.91 Å². The fraction of sp³-hybridized carbons (Fsp3) is 0.385. The Bertz CT molecular complexity index is 537. The number of aromatic nitrogens is 4. The van der Waals surface area contributed by atoms with Gasteiger partial charge in [0.25, 0.3) is 0 Å². The molecule has 0 radical (unpaired) electrons. The summed E-state index contributed by atoms with van der Waals surface area (Å²) in [7, 11) is 0. The van der Waals surface area contributed by atoms with Crippen LogP contribution in [0, 0.1) is 6.92 Å². The highest BCUT2D eigenvalue weighted by Gasteiger charge is 2.12.